The van der Waals surface area contributed by atoms with Crippen LogP contribution in [0.15, 0.2) is 0 Å². The number of nitrogens with one attached hydrogen (secondary N) is 1. The highest BCUT2D eigenvalue weighted by Gasteiger charge is 2.49. The summed E-state index contributed by atoms with van der Waals surface area (Å²) in [6.07, 6.45) is 2.80. The molecule has 0 radical (unpaired) electrons. The molecule has 0 aromatic rings. The smallest absolute Gasteiger partial charge is 0.227 e. The molecule has 0 aromatic carbocycles. The maximum absolute atomic E-state index is 11.8. The molecule has 0 unspecified atom stereocenters. The van der Waals surface area contributed by atoms with Crippen LogP contribution in [0.1, 0.15) is 25.7 Å². The van der Waals surface area contributed by atoms with Gasteiger partial charge in [-0.25, -0.2) is 8.42 Å². The molecule has 0 aromatic heterocycles. The largest absolute Gasteiger partial charge is 0.353 e. The Labute approximate surface area is 95.7 Å². The molecule has 92 valence electrons. The van der Waals surface area contributed by atoms with Crippen LogP contribution >= 0.6 is 0 Å². The average molecular weight is 246 g/mol. The van der Waals surface area contributed by atoms with Crippen molar-refractivity contribution in [2.45, 2.75) is 31.7 Å². The molecule has 1 heterocycles. The molecule has 2 aliphatic rings. The summed E-state index contributed by atoms with van der Waals surface area (Å²) in [5, 5.41) is 2.93. The average Bonchev–Trinajstić information content (AvgIpc) is 3.02. The summed E-state index contributed by atoms with van der Waals surface area (Å²) in [5.41, 5.74) is 5.22. The molecule has 3 N–H and O–H groups in total. The molecule has 5 nitrogen and oxygen atoms in total. The molecular weight excluding hydrogens is 228 g/mol. The lowest BCUT2D eigenvalue weighted by Gasteiger charge is -2.25. The van der Waals surface area contributed by atoms with E-state index in [0.29, 0.717) is 19.4 Å². The molecule has 1 saturated heterocycles. The second kappa shape index (κ2) is 4.00. The van der Waals surface area contributed by atoms with Gasteiger partial charge in [0.15, 0.2) is 0 Å². The van der Waals surface area contributed by atoms with Crippen molar-refractivity contribution in [1.29, 1.82) is 0 Å². The summed E-state index contributed by atoms with van der Waals surface area (Å²) in [5.74, 6) is 0.389. The number of carbonyl (C=O) groups excluding carboxylic acids is 1. The molecule has 0 spiro atoms. The molecule has 1 aliphatic carbocycles. The van der Waals surface area contributed by atoms with Gasteiger partial charge in [-0.3, -0.25) is 4.79 Å². The minimum atomic E-state index is -2.85. The number of hydrogen-bond donors (Lipinski definition) is 2. The van der Waals surface area contributed by atoms with E-state index in [0.717, 1.165) is 12.8 Å². The van der Waals surface area contributed by atoms with E-state index >= 15 is 0 Å². The van der Waals surface area contributed by atoms with Gasteiger partial charge in [-0.05, 0) is 25.7 Å². The van der Waals surface area contributed by atoms with Gasteiger partial charge in [0.05, 0.1) is 16.9 Å². The summed E-state index contributed by atoms with van der Waals surface area (Å²) in [4.78, 5) is 11.8. The van der Waals surface area contributed by atoms with E-state index in [-0.39, 0.29) is 28.9 Å². The Bertz CT molecular complexity index is 373. The van der Waals surface area contributed by atoms with Crippen LogP contribution in [0.5, 0.6) is 0 Å². The summed E-state index contributed by atoms with van der Waals surface area (Å²) in [6.45, 7) is 0.393. The standard InChI is InChI=1S/C10H18N2O3S/c11-7-10(3-4-10)9(13)12-8-1-5-16(14,15)6-2-8/h8H,1-7,11H2,(H,12,13). The van der Waals surface area contributed by atoms with Gasteiger partial charge in [0.25, 0.3) is 0 Å². The van der Waals surface area contributed by atoms with Crippen molar-refractivity contribution in [1.82, 2.24) is 5.32 Å². The van der Waals surface area contributed by atoms with Crippen molar-refractivity contribution in [2.75, 3.05) is 18.1 Å². The SMILES string of the molecule is NCC1(C(=O)NC2CCS(=O)(=O)CC2)CC1. The first-order chi connectivity index (χ1) is 7.47. The first-order valence-corrected chi connectivity index (χ1v) is 7.51. The molecule has 16 heavy (non-hydrogen) atoms. The zero-order valence-electron chi connectivity index (χ0n) is 9.24. The van der Waals surface area contributed by atoms with Gasteiger partial charge in [0.2, 0.25) is 5.91 Å². The van der Waals surface area contributed by atoms with Crippen LogP contribution in [0.4, 0.5) is 0 Å². The maximum atomic E-state index is 11.8. The second-order valence-electron chi connectivity index (χ2n) is 4.88. The summed E-state index contributed by atoms with van der Waals surface area (Å²) >= 11 is 0. The summed E-state index contributed by atoms with van der Waals surface area (Å²) < 4.78 is 22.4. The third kappa shape index (κ3) is 2.38. The summed E-state index contributed by atoms with van der Waals surface area (Å²) in [7, 11) is -2.85. The Morgan fingerprint density at radius 1 is 1.31 bits per heavy atom. The van der Waals surface area contributed by atoms with Crippen molar-refractivity contribution in [3.63, 3.8) is 0 Å². The van der Waals surface area contributed by atoms with Crippen LogP contribution in [-0.4, -0.2) is 38.4 Å². The third-order valence-electron chi connectivity index (χ3n) is 3.62. The Kier molecular flexibility index (Phi) is 2.96. The predicted molar refractivity (Wildman–Crippen MR) is 60.5 cm³/mol. The highest BCUT2D eigenvalue weighted by molar-refractivity contribution is 7.91. The highest BCUT2D eigenvalue weighted by Crippen LogP contribution is 2.44. The normalized spacial score (nSPS) is 27.3. The monoisotopic (exact) mass is 246 g/mol. The zero-order chi connectivity index (χ0) is 11.8. The van der Waals surface area contributed by atoms with E-state index in [1.165, 1.54) is 0 Å². The Morgan fingerprint density at radius 3 is 2.31 bits per heavy atom. The van der Waals surface area contributed by atoms with Gasteiger partial charge in [-0.1, -0.05) is 0 Å². The first kappa shape index (κ1) is 11.9. The van der Waals surface area contributed by atoms with Gasteiger partial charge in [0, 0.05) is 12.6 Å². The van der Waals surface area contributed by atoms with Crippen molar-refractivity contribution >= 4 is 15.7 Å². The second-order valence-corrected chi connectivity index (χ2v) is 7.19. The molecular formula is C10H18N2O3S. The molecule has 6 heteroatoms. The third-order valence-corrected chi connectivity index (χ3v) is 5.33. The van der Waals surface area contributed by atoms with E-state index < -0.39 is 9.84 Å². The van der Waals surface area contributed by atoms with Gasteiger partial charge in [0.1, 0.15) is 9.84 Å². The van der Waals surface area contributed by atoms with Crippen molar-refractivity contribution < 1.29 is 13.2 Å². The topological polar surface area (TPSA) is 89.3 Å². The van der Waals surface area contributed by atoms with Gasteiger partial charge >= 0.3 is 0 Å². The minimum absolute atomic E-state index is 0.0132. The number of hydrogen-bond acceptors (Lipinski definition) is 4. The maximum Gasteiger partial charge on any atom is 0.227 e. The van der Waals surface area contributed by atoms with Crippen LogP contribution in [-0.2, 0) is 14.6 Å². The Morgan fingerprint density at radius 2 is 1.88 bits per heavy atom. The van der Waals surface area contributed by atoms with E-state index in [2.05, 4.69) is 5.32 Å². The molecule has 1 saturated carbocycles. The molecule has 2 rings (SSSR count). The molecule has 1 aliphatic heterocycles. The fourth-order valence-corrected chi connectivity index (χ4v) is 3.54. The fourth-order valence-electron chi connectivity index (χ4n) is 2.05. The lowest BCUT2D eigenvalue weighted by Crippen LogP contribution is -2.45. The Hall–Kier alpha value is -0.620. The number of nitrogens with two attached hydrogens (primary N) is 1. The molecule has 1 amide bonds. The van der Waals surface area contributed by atoms with Gasteiger partial charge in [-0.2, -0.15) is 0 Å². The lowest BCUT2D eigenvalue weighted by molar-refractivity contribution is -0.126. The van der Waals surface area contributed by atoms with Crippen molar-refractivity contribution in [3.8, 4) is 0 Å². The number of sulfone groups is 1. The molecule has 0 bridgehead atoms. The minimum Gasteiger partial charge on any atom is -0.353 e. The van der Waals surface area contributed by atoms with Gasteiger partial charge in [-0.15, -0.1) is 0 Å². The van der Waals surface area contributed by atoms with Crippen molar-refractivity contribution in [2.24, 2.45) is 11.1 Å². The quantitative estimate of drug-likeness (QED) is 0.697. The highest BCUT2D eigenvalue weighted by atomic mass is 32.2. The van der Waals surface area contributed by atoms with E-state index in [1.807, 2.05) is 0 Å². The van der Waals surface area contributed by atoms with E-state index in [1.54, 1.807) is 0 Å². The summed E-state index contributed by atoms with van der Waals surface area (Å²) in [6, 6.07) is 0.0139. The molecule has 2 fully saturated rings. The van der Waals surface area contributed by atoms with Crippen LogP contribution in [0, 0.1) is 5.41 Å². The number of carbonyl (C=O) groups is 1. The first-order valence-electron chi connectivity index (χ1n) is 5.69. The Balaban J connectivity index is 1.85. The number of rotatable bonds is 3. The fraction of sp³-hybridized carbons (Fsp3) is 0.900. The van der Waals surface area contributed by atoms with Crippen LogP contribution in [0.2, 0.25) is 0 Å². The van der Waals surface area contributed by atoms with Crippen molar-refractivity contribution in [3.05, 3.63) is 0 Å². The van der Waals surface area contributed by atoms with Crippen LogP contribution < -0.4 is 11.1 Å². The lowest BCUT2D eigenvalue weighted by atomic mass is 10.0. The van der Waals surface area contributed by atoms with Crippen LogP contribution in [0.25, 0.3) is 0 Å². The van der Waals surface area contributed by atoms with Gasteiger partial charge < -0.3 is 11.1 Å². The van der Waals surface area contributed by atoms with E-state index in [9.17, 15) is 13.2 Å². The number of amides is 1. The van der Waals surface area contributed by atoms with Crippen LogP contribution in [0.3, 0.4) is 0 Å². The predicted octanol–water partition coefficient (Wildman–Crippen LogP) is -0.581. The van der Waals surface area contributed by atoms with E-state index in [4.69, 9.17) is 5.73 Å². The molecule has 0 atom stereocenters. The zero-order valence-corrected chi connectivity index (χ0v) is 10.1.